The first-order chi connectivity index (χ1) is 14.4. The number of fused-ring (bicyclic) bond motifs is 3. The van der Waals surface area contributed by atoms with Crippen LogP contribution in [-0.4, -0.2) is 18.2 Å². The van der Waals surface area contributed by atoms with Crippen LogP contribution in [0, 0.1) is 0 Å². The summed E-state index contributed by atoms with van der Waals surface area (Å²) in [5, 5.41) is 6.29. The second-order valence-corrected chi connectivity index (χ2v) is 8.75. The molecule has 0 saturated heterocycles. The first-order valence-electron chi connectivity index (χ1n) is 10.4. The Morgan fingerprint density at radius 1 is 0.867 bits per heavy atom. The Morgan fingerprint density at radius 3 is 2.00 bits per heavy atom. The fourth-order valence-corrected chi connectivity index (χ4v) is 3.83. The molecule has 30 heavy (non-hydrogen) atoms. The fraction of sp³-hybridized carbons (Fsp3) is 0.269. The molecular formula is C26H28N2O2. The van der Waals surface area contributed by atoms with Gasteiger partial charge >= 0.3 is 6.09 Å². The summed E-state index contributed by atoms with van der Waals surface area (Å²) in [6.45, 7) is 7.52. The second kappa shape index (κ2) is 8.33. The van der Waals surface area contributed by atoms with Crippen LogP contribution in [0.2, 0.25) is 0 Å². The molecule has 0 aromatic heterocycles. The average Bonchev–Trinajstić information content (AvgIpc) is 3.05. The first-order valence-corrected chi connectivity index (χ1v) is 10.4. The molecule has 4 nitrogen and oxygen atoms in total. The molecule has 1 aliphatic rings. The Balaban J connectivity index is 1.36. The molecule has 0 heterocycles. The Kier molecular flexibility index (Phi) is 5.60. The molecule has 0 unspecified atom stereocenters. The van der Waals surface area contributed by atoms with Gasteiger partial charge in [-0.05, 0) is 60.7 Å². The van der Waals surface area contributed by atoms with Crippen molar-refractivity contribution in [1.29, 1.82) is 0 Å². The van der Waals surface area contributed by atoms with E-state index >= 15 is 0 Å². The molecular weight excluding hydrogens is 372 g/mol. The molecule has 2 N–H and O–H groups in total. The lowest BCUT2D eigenvalue weighted by molar-refractivity contribution is 0.158. The number of rotatable bonds is 5. The largest absolute Gasteiger partial charge is 0.448 e. The molecule has 1 amide bonds. The van der Waals surface area contributed by atoms with Crippen molar-refractivity contribution in [3.05, 3.63) is 89.5 Å². The van der Waals surface area contributed by atoms with E-state index in [1.807, 2.05) is 48.5 Å². The molecule has 3 aromatic rings. The van der Waals surface area contributed by atoms with E-state index in [0.717, 1.165) is 12.2 Å². The third kappa shape index (κ3) is 4.55. The Labute approximate surface area is 178 Å². The van der Waals surface area contributed by atoms with E-state index in [9.17, 15) is 4.79 Å². The maximum atomic E-state index is 12.4. The van der Waals surface area contributed by atoms with Crippen molar-refractivity contribution < 1.29 is 9.53 Å². The summed E-state index contributed by atoms with van der Waals surface area (Å²) >= 11 is 0. The van der Waals surface area contributed by atoms with Crippen LogP contribution in [0.15, 0.2) is 72.8 Å². The van der Waals surface area contributed by atoms with Crippen molar-refractivity contribution >= 4 is 11.8 Å². The lowest BCUT2D eigenvalue weighted by atomic mass is 9.98. The minimum absolute atomic E-state index is 0.0639. The third-order valence-electron chi connectivity index (χ3n) is 5.37. The van der Waals surface area contributed by atoms with Gasteiger partial charge in [-0.2, -0.15) is 0 Å². The predicted octanol–water partition coefficient (Wildman–Crippen LogP) is 5.94. The highest BCUT2D eigenvalue weighted by atomic mass is 16.5. The van der Waals surface area contributed by atoms with Crippen LogP contribution in [0.5, 0.6) is 0 Å². The summed E-state index contributed by atoms with van der Waals surface area (Å²) in [5.74, 6) is 0.0639. The van der Waals surface area contributed by atoms with Crippen LogP contribution in [0.1, 0.15) is 43.4 Å². The molecule has 0 fully saturated rings. The number of nitrogens with one attached hydrogen (secondary N) is 2. The Bertz CT molecular complexity index is 990. The zero-order chi connectivity index (χ0) is 21.1. The van der Waals surface area contributed by atoms with Crippen molar-refractivity contribution in [2.75, 3.05) is 11.9 Å². The Hall–Kier alpha value is -3.11. The van der Waals surface area contributed by atoms with Crippen LogP contribution in [0.25, 0.3) is 11.1 Å². The molecule has 0 aliphatic heterocycles. The molecule has 0 spiro atoms. The van der Waals surface area contributed by atoms with Gasteiger partial charge in [0.25, 0.3) is 0 Å². The van der Waals surface area contributed by atoms with Gasteiger partial charge in [-0.15, -0.1) is 0 Å². The quantitative estimate of drug-likeness (QED) is 0.558. The maximum Gasteiger partial charge on any atom is 0.411 e. The van der Waals surface area contributed by atoms with Crippen molar-refractivity contribution in [3.63, 3.8) is 0 Å². The van der Waals surface area contributed by atoms with Gasteiger partial charge in [0.2, 0.25) is 0 Å². The number of amides is 1. The van der Waals surface area contributed by atoms with Crippen LogP contribution < -0.4 is 10.6 Å². The van der Waals surface area contributed by atoms with Gasteiger partial charge in [0.15, 0.2) is 0 Å². The summed E-state index contributed by atoms with van der Waals surface area (Å²) in [6.07, 6.45) is -0.433. The number of anilines is 1. The highest BCUT2D eigenvalue weighted by molar-refractivity contribution is 5.85. The predicted molar refractivity (Wildman–Crippen MR) is 122 cm³/mol. The molecule has 0 saturated carbocycles. The highest BCUT2D eigenvalue weighted by Gasteiger charge is 2.28. The van der Waals surface area contributed by atoms with Gasteiger partial charge in [0.05, 0.1) is 0 Å². The van der Waals surface area contributed by atoms with Gasteiger partial charge < -0.3 is 10.1 Å². The zero-order valence-electron chi connectivity index (χ0n) is 17.7. The van der Waals surface area contributed by atoms with Crippen molar-refractivity contribution in [2.24, 2.45) is 0 Å². The van der Waals surface area contributed by atoms with Gasteiger partial charge in [0, 0.05) is 23.7 Å². The summed E-state index contributed by atoms with van der Waals surface area (Å²) in [6, 6.07) is 24.5. The first kappa shape index (κ1) is 20.2. The van der Waals surface area contributed by atoms with E-state index in [4.69, 9.17) is 4.74 Å². The van der Waals surface area contributed by atoms with E-state index in [2.05, 4.69) is 55.7 Å². The van der Waals surface area contributed by atoms with Gasteiger partial charge in [-0.1, -0.05) is 60.7 Å². The van der Waals surface area contributed by atoms with Crippen LogP contribution in [-0.2, 0) is 11.3 Å². The standard InChI is InChI=1S/C26H28N2O2/c1-26(2,3)27-16-18-12-14-19(15-13-18)28-25(29)30-17-24-22-10-6-4-8-20(22)21-9-5-7-11-23(21)24/h4-15,24,27H,16-17H2,1-3H3,(H,28,29). The summed E-state index contributed by atoms with van der Waals surface area (Å²) in [4.78, 5) is 12.4. The molecule has 0 bridgehead atoms. The Morgan fingerprint density at radius 2 is 1.43 bits per heavy atom. The minimum atomic E-state index is -0.433. The van der Waals surface area contributed by atoms with E-state index in [0.29, 0.717) is 6.61 Å². The molecule has 154 valence electrons. The van der Waals surface area contributed by atoms with Crippen LogP contribution >= 0.6 is 0 Å². The number of carbonyl (C=O) groups excluding carboxylic acids is 1. The van der Waals surface area contributed by atoms with Crippen LogP contribution in [0.4, 0.5) is 10.5 Å². The third-order valence-corrected chi connectivity index (χ3v) is 5.37. The molecule has 1 aliphatic carbocycles. The topological polar surface area (TPSA) is 50.4 Å². The molecule has 4 rings (SSSR count). The highest BCUT2D eigenvalue weighted by Crippen LogP contribution is 2.44. The van der Waals surface area contributed by atoms with E-state index in [1.54, 1.807) is 0 Å². The average molecular weight is 401 g/mol. The SMILES string of the molecule is CC(C)(C)NCc1ccc(NC(=O)OCC2c3ccccc3-c3ccccc32)cc1. The minimum Gasteiger partial charge on any atom is -0.448 e. The monoisotopic (exact) mass is 400 g/mol. The maximum absolute atomic E-state index is 12.4. The normalized spacial score (nSPS) is 12.9. The molecule has 3 aromatic carbocycles. The van der Waals surface area contributed by atoms with Gasteiger partial charge in [-0.25, -0.2) is 4.79 Å². The van der Waals surface area contributed by atoms with E-state index in [1.165, 1.54) is 27.8 Å². The molecule has 4 heteroatoms. The molecule has 0 atom stereocenters. The zero-order valence-corrected chi connectivity index (χ0v) is 17.7. The summed E-state index contributed by atoms with van der Waals surface area (Å²) < 4.78 is 5.60. The lowest BCUT2D eigenvalue weighted by Crippen LogP contribution is -2.35. The lowest BCUT2D eigenvalue weighted by Gasteiger charge is -2.20. The number of ether oxygens (including phenoxy) is 1. The van der Waals surface area contributed by atoms with Crippen molar-refractivity contribution in [3.8, 4) is 11.1 Å². The second-order valence-electron chi connectivity index (χ2n) is 8.75. The number of carbonyl (C=O) groups is 1. The molecule has 0 radical (unpaired) electrons. The number of hydrogen-bond donors (Lipinski definition) is 2. The van der Waals surface area contributed by atoms with E-state index in [-0.39, 0.29) is 11.5 Å². The van der Waals surface area contributed by atoms with Gasteiger partial charge in [0.1, 0.15) is 6.61 Å². The van der Waals surface area contributed by atoms with E-state index < -0.39 is 6.09 Å². The smallest absolute Gasteiger partial charge is 0.411 e. The van der Waals surface area contributed by atoms with Crippen LogP contribution in [0.3, 0.4) is 0 Å². The summed E-state index contributed by atoms with van der Waals surface area (Å²) in [5.41, 5.74) is 6.83. The number of hydrogen-bond acceptors (Lipinski definition) is 3. The van der Waals surface area contributed by atoms with Crippen molar-refractivity contribution in [1.82, 2.24) is 5.32 Å². The number of benzene rings is 3. The van der Waals surface area contributed by atoms with Gasteiger partial charge in [-0.3, -0.25) is 5.32 Å². The van der Waals surface area contributed by atoms with Crippen molar-refractivity contribution in [2.45, 2.75) is 38.8 Å². The summed E-state index contributed by atoms with van der Waals surface area (Å²) in [7, 11) is 0. The fourth-order valence-electron chi connectivity index (χ4n) is 3.83.